The van der Waals surface area contributed by atoms with Gasteiger partial charge < -0.3 is 11.0 Å². The van der Waals surface area contributed by atoms with Gasteiger partial charge in [-0.05, 0) is 0 Å². The van der Waals surface area contributed by atoms with Crippen LogP contribution in [0.5, 0.6) is 0 Å². The summed E-state index contributed by atoms with van der Waals surface area (Å²) in [4.78, 5) is 0. The molecule has 0 rings (SSSR count). The van der Waals surface area contributed by atoms with Crippen LogP contribution in [0.3, 0.4) is 0 Å². The van der Waals surface area contributed by atoms with Gasteiger partial charge in [0.2, 0.25) is 0 Å². The molecule has 0 aliphatic rings. The van der Waals surface area contributed by atoms with Crippen molar-refractivity contribution in [3.05, 3.63) is 0 Å². The maximum absolute atomic E-state index is 2.21. The van der Waals surface area contributed by atoms with Gasteiger partial charge in [0.15, 0.2) is 0 Å². The Kier molecular flexibility index (Phi) is 37.9. The third kappa shape index (κ3) is 24.7. The zero-order chi connectivity index (χ0) is 4.12. The molecule has 0 bridgehead atoms. The first-order valence-electron chi connectivity index (χ1n) is 2.41. The van der Waals surface area contributed by atoms with Gasteiger partial charge in [0.1, 0.15) is 0 Å². The molecule has 0 amide bonds. The van der Waals surface area contributed by atoms with E-state index in [2.05, 4.69) is 13.8 Å². The molecule has 0 aliphatic heterocycles. The fourth-order valence-electron chi connectivity index (χ4n) is 0.354. The first-order valence-corrected chi connectivity index (χ1v) is 2.41. The second-order valence-corrected chi connectivity index (χ2v) is 1.35. The number of hydrogen-bond donors (Lipinski definition) is 0. The average Bonchev–Trinajstić information content (AvgIpc) is 1.41. The van der Waals surface area contributed by atoms with Crippen molar-refractivity contribution in [3.8, 4) is 0 Å². The van der Waals surface area contributed by atoms with E-state index in [0.717, 1.165) is 0 Å². The summed E-state index contributed by atoms with van der Waals surface area (Å²) in [5.74, 6) is 0. The lowest BCUT2D eigenvalue weighted by Gasteiger charge is -1.79. The van der Waals surface area contributed by atoms with Gasteiger partial charge in [-0.25, -0.2) is 0 Å². The van der Waals surface area contributed by atoms with Gasteiger partial charge in [0.05, 0.1) is 0 Å². The summed E-state index contributed by atoms with van der Waals surface area (Å²) < 4.78 is 0. The van der Waals surface area contributed by atoms with Gasteiger partial charge in [-0.2, -0.15) is 0 Å². The highest BCUT2D eigenvalue weighted by Crippen LogP contribution is 1.88. The molecule has 0 aromatic rings. The van der Waals surface area contributed by atoms with E-state index in [1.807, 2.05) is 0 Å². The molecule has 0 aromatic carbocycles. The first-order chi connectivity index (χ1) is 2.41. The first kappa shape index (κ1) is 15.8. The zero-order valence-corrected chi connectivity index (χ0v) is 5.12. The van der Waals surface area contributed by atoms with E-state index in [1.54, 1.807) is 0 Å². The van der Waals surface area contributed by atoms with Crippen LogP contribution in [0.2, 0.25) is 0 Å². The highest BCUT2D eigenvalue weighted by Gasteiger charge is 1.68. The van der Waals surface area contributed by atoms with Crippen LogP contribution in [-0.2, 0) is 0 Å². The fraction of sp³-hybridized carbons (Fsp3) is 1.00. The minimum Gasteiger partial charge on any atom is -0.412 e. The lowest BCUT2D eigenvalue weighted by atomic mass is 10.3. The average molecular weight is 108 g/mol. The Morgan fingerprint density at radius 3 is 1.14 bits per heavy atom. The van der Waals surface area contributed by atoms with Gasteiger partial charge in [-0.1, -0.05) is 33.1 Å². The molecule has 2 heteroatoms. The van der Waals surface area contributed by atoms with Crippen molar-refractivity contribution in [2.45, 2.75) is 33.1 Å². The molecule has 48 valence electrons. The van der Waals surface area contributed by atoms with Gasteiger partial charge in [-0.3, -0.25) is 0 Å². The Labute approximate surface area is 45.2 Å². The van der Waals surface area contributed by atoms with Gasteiger partial charge in [0.25, 0.3) is 0 Å². The van der Waals surface area contributed by atoms with Gasteiger partial charge in [0, 0.05) is 0 Å². The van der Waals surface area contributed by atoms with E-state index in [9.17, 15) is 0 Å². The predicted molar refractivity (Wildman–Crippen MR) is 32.4 cm³/mol. The van der Waals surface area contributed by atoms with Crippen LogP contribution in [0.15, 0.2) is 0 Å². The lowest BCUT2D eigenvalue weighted by Crippen LogP contribution is -1.59. The Balaban J connectivity index is -0.0000000800. The molecule has 7 heavy (non-hydrogen) atoms. The summed E-state index contributed by atoms with van der Waals surface area (Å²) in [5.41, 5.74) is 0. The van der Waals surface area contributed by atoms with Crippen molar-refractivity contribution in [1.82, 2.24) is 0 Å². The Morgan fingerprint density at radius 2 is 1.14 bits per heavy atom. The monoisotopic (exact) mass is 108 g/mol. The molecule has 0 heterocycles. The van der Waals surface area contributed by atoms with Crippen LogP contribution < -0.4 is 0 Å². The molecule has 0 spiro atoms. The van der Waals surface area contributed by atoms with Crippen LogP contribution in [0, 0.1) is 0 Å². The molecule has 0 saturated carbocycles. The molecule has 0 unspecified atom stereocenters. The Hall–Kier alpha value is -0.0800. The molecule has 0 aromatic heterocycles. The maximum atomic E-state index is 2.21. The van der Waals surface area contributed by atoms with Crippen LogP contribution >= 0.6 is 0 Å². The minimum absolute atomic E-state index is 0. The third-order valence-corrected chi connectivity index (χ3v) is 0.707. The smallest absolute Gasteiger partial charge is 0.0538 e. The lowest BCUT2D eigenvalue weighted by molar-refractivity contribution is 0.772. The molecule has 0 saturated heterocycles. The van der Waals surface area contributed by atoms with E-state index in [4.69, 9.17) is 0 Å². The number of unbranched alkanes of at least 4 members (excludes halogenated alkanes) is 2. The molecular weight excluding hydrogens is 92.1 g/mol. The van der Waals surface area contributed by atoms with Crippen molar-refractivity contribution < 1.29 is 11.0 Å². The molecule has 0 fully saturated rings. The minimum atomic E-state index is 0. The SMILES string of the molecule is CCCCC.O.O. The highest BCUT2D eigenvalue weighted by atomic mass is 16.0. The van der Waals surface area contributed by atoms with Gasteiger partial charge >= 0.3 is 0 Å². The molecule has 2 nitrogen and oxygen atoms in total. The summed E-state index contributed by atoms with van der Waals surface area (Å²) >= 11 is 0. The van der Waals surface area contributed by atoms with Crippen molar-refractivity contribution >= 4 is 0 Å². The quantitative estimate of drug-likeness (QED) is 0.496. The predicted octanol–water partition coefficient (Wildman–Crippen LogP) is 0.547. The number of rotatable bonds is 2. The summed E-state index contributed by atoms with van der Waals surface area (Å²) in [6, 6.07) is 0. The Bertz CT molecular complexity index is 13.6. The van der Waals surface area contributed by atoms with Crippen molar-refractivity contribution in [2.24, 2.45) is 0 Å². The van der Waals surface area contributed by atoms with Crippen LogP contribution in [0.1, 0.15) is 33.1 Å². The molecule has 0 aliphatic carbocycles. The second kappa shape index (κ2) is 16.8. The van der Waals surface area contributed by atoms with Crippen molar-refractivity contribution in [1.29, 1.82) is 0 Å². The van der Waals surface area contributed by atoms with Crippen LogP contribution in [-0.4, -0.2) is 11.0 Å². The van der Waals surface area contributed by atoms with Gasteiger partial charge in [-0.15, -0.1) is 0 Å². The van der Waals surface area contributed by atoms with E-state index in [-0.39, 0.29) is 11.0 Å². The standard InChI is InChI=1S/C5H12.2H2O/c1-3-5-4-2;;/h3-5H2,1-2H3;2*1H2. The largest absolute Gasteiger partial charge is 0.412 e. The Morgan fingerprint density at radius 1 is 0.857 bits per heavy atom. The van der Waals surface area contributed by atoms with E-state index >= 15 is 0 Å². The van der Waals surface area contributed by atoms with Crippen LogP contribution in [0.4, 0.5) is 0 Å². The van der Waals surface area contributed by atoms with Crippen molar-refractivity contribution in [2.75, 3.05) is 0 Å². The summed E-state index contributed by atoms with van der Waals surface area (Å²) in [6.07, 6.45) is 4.08. The fourth-order valence-corrected chi connectivity index (χ4v) is 0.354. The molecular formula is C5H16O2. The normalized spacial score (nSPS) is 6.00. The number of hydrogen-bond acceptors (Lipinski definition) is 0. The molecule has 0 radical (unpaired) electrons. The van der Waals surface area contributed by atoms with E-state index in [0.29, 0.717) is 0 Å². The van der Waals surface area contributed by atoms with Crippen molar-refractivity contribution in [3.63, 3.8) is 0 Å². The third-order valence-electron chi connectivity index (χ3n) is 0.707. The summed E-state index contributed by atoms with van der Waals surface area (Å²) in [5, 5.41) is 0. The topological polar surface area (TPSA) is 63.0 Å². The zero-order valence-electron chi connectivity index (χ0n) is 5.12. The molecule has 0 atom stereocenters. The van der Waals surface area contributed by atoms with E-state index in [1.165, 1.54) is 19.3 Å². The van der Waals surface area contributed by atoms with Crippen LogP contribution in [0.25, 0.3) is 0 Å². The highest BCUT2D eigenvalue weighted by molar-refractivity contribution is 4.24. The summed E-state index contributed by atoms with van der Waals surface area (Å²) in [6.45, 7) is 4.42. The maximum Gasteiger partial charge on any atom is -0.0538 e. The van der Waals surface area contributed by atoms with E-state index < -0.39 is 0 Å². The summed E-state index contributed by atoms with van der Waals surface area (Å²) in [7, 11) is 0. The molecule has 4 N–H and O–H groups in total. The second-order valence-electron chi connectivity index (χ2n) is 1.35.